The molecule has 0 amide bonds. The lowest BCUT2D eigenvalue weighted by atomic mass is 10.2. The number of likely N-dealkylation sites (N-methyl/N-ethyl adjacent to an activating group) is 1. The summed E-state index contributed by atoms with van der Waals surface area (Å²) in [6.45, 7) is 4.86. The number of nitrogens with one attached hydrogen (secondary N) is 2. The Hall–Kier alpha value is -1.00. The van der Waals surface area contributed by atoms with Gasteiger partial charge < -0.3 is 10.6 Å². The molecule has 0 fully saturated rings. The SMILES string of the molecule is CCNCCNCc1cc(F)ccc1F. The molecule has 0 heterocycles. The third-order valence-electron chi connectivity index (χ3n) is 2.05. The van der Waals surface area contributed by atoms with Gasteiger partial charge in [-0.25, -0.2) is 8.78 Å². The Labute approximate surface area is 88.7 Å². The second-order valence-corrected chi connectivity index (χ2v) is 3.27. The van der Waals surface area contributed by atoms with E-state index in [4.69, 9.17) is 0 Å². The van der Waals surface area contributed by atoms with Gasteiger partial charge in [0.05, 0.1) is 0 Å². The Morgan fingerprint density at radius 1 is 1.13 bits per heavy atom. The molecule has 0 aliphatic rings. The molecule has 0 radical (unpaired) electrons. The topological polar surface area (TPSA) is 24.1 Å². The average Bonchev–Trinajstić information content (AvgIpc) is 2.23. The summed E-state index contributed by atoms with van der Waals surface area (Å²) in [5, 5.41) is 6.17. The van der Waals surface area contributed by atoms with E-state index in [2.05, 4.69) is 10.6 Å². The Balaban J connectivity index is 2.33. The molecule has 0 spiro atoms. The van der Waals surface area contributed by atoms with Gasteiger partial charge in [-0.1, -0.05) is 6.92 Å². The Bertz CT molecular complexity index is 303. The molecule has 0 aromatic heterocycles. The zero-order chi connectivity index (χ0) is 11.1. The molecule has 0 unspecified atom stereocenters. The molecule has 2 N–H and O–H groups in total. The molecule has 4 heteroatoms. The maximum Gasteiger partial charge on any atom is 0.127 e. The normalized spacial score (nSPS) is 10.6. The molecule has 15 heavy (non-hydrogen) atoms. The number of hydrogen-bond acceptors (Lipinski definition) is 2. The van der Waals surface area contributed by atoms with Crippen LogP contribution in [0.2, 0.25) is 0 Å². The van der Waals surface area contributed by atoms with E-state index in [1.807, 2.05) is 6.92 Å². The van der Waals surface area contributed by atoms with Gasteiger partial charge in [-0.3, -0.25) is 0 Å². The number of hydrogen-bond donors (Lipinski definition) is 2. The first kappa shape index (κ1) is 12.1. The Morgan fingerprint density at radius 2 is 1.87 bits per heavy atom. The summed E-state index contributed by atoms with van der Waals surface area (Å²) in [7, 11) is 0. The van der Waals surface area contributed by atoms with E-state index in [1.165, 1.54) is 6.07 Å². The zero-order valence-corrected chi connectivity index (χ0v) is 8.82. The van der Waals surface area contributed by atoms with Crippen molar-refractivity contribution in [3.05, 3.63) is 35.4 Å². The van der Waals surface area contributed by atoms with Crippen LogP contribution in [0.1, 0.15) is 12.5 Å². The first-order valence-electron chi connectivity index (χ1n) is 5.09. The maximum absolute atomic E-state index is 13.1. The minimum absolute atomic E-state index is 0.356. The number of rotatable bonds is 6. The molecule has 0 saturated carbocycles. The molecular formula is C11H16F2N2. The lowest BCUT2D eigenvalue weighted by Gasteiger charge is -2.06. The number of halogens is 2. The molecule has 1 aromatic carbocycles. The Kier molecular flexibility index (Phi) is 5.21. The largest absolute Gasteiger partial charge is 0.316 e. The smallest absolute Gasteiger partial charge is 0.127 e. The molecular weight excluding hydrogens is 198 g/mol. The fourth-order valence-electron chi connectivity index (χ4n) is 1.26. The summed E-state index contributed by atoms with van der Waals surface area (Å²) in [5.41, 5.74) is 0.367. The lowest BCUT2D eigenvalue weighted by Crippen LogP contribution is -2.27. The maximum atomic E-state index is 13.1. The third-order valence-corrected chi connectivity index (χ3v) is 2.05. The van der Waals surface area contributed by atoms with E-state index < -0.39 is 5.82 Å². The van der Waals surface area contributed by atoms with Crippen molar-refractivity contribution < 1.29 is 8.78 Å². The molecule has 84 valence electrons. The van der Waals surface area contributed by atoms with Crippen molar-refractivity contribution in [1.29, 1.82) is 0 Å². The summed E-state index contributed by atoms with van der Waals surface area (Å²) in [6.07, 6.45) is 0. The van der Waals surface area contributed by atoms with Gasteiger partial charge in [0.15, 0.2) is 0 Å². The molecule has 1 rings (SSSR count). The monoisotopic (exact) mass is 214 g/mol. The fraction of sp³-hybridized carbons (Fsp3) is 0.455. The van der Waals surface area contributed by atoms with Crippen LogP contribution in [-0.2, 0) is 6.54 Å². The predicted molar refractivity (Wildman–Crippen MR) is 56.6 cm³/mol. The highest BCUT2D eigenvalue weighted by Crippen LogP contribution is 2.08. The molecule has 0 bridgehead atoms. The van der Waals surface area contributed by atoms with Crippen LogP contribution in [0.5, 0.6) is 0 Å². The van der Waals surface area contributed by atoms with Crippen LogP contribution in [0, 0.1) is 11.6 Å². The summed E-state index contributed by atoms with van der Waals surface area (Å²) < 4.78 is 25.9. The van der Waals surface area contributed by atoms with E-state index in [1.54, 1.807) is 0 Å². The van der Waals surface area contributed by atoms with Crippen molar-refractivity contribution in [3.8, 4) is 0 Å². The van der Waals surface area contributed by atoms with Crippen molar-refractivity contribution in [2.24, 2.45) is 0 Å². The second kappa shape index (κ2) is 6.48. The third kappa shape index (κ3) is 4.36. The van der Waals surface area contributed by atoms with E-state index in [-0.39, 0.29) is 5.82 Å². The van der Waals surface area contributed by atoms with Crippen LogP contribution in [0.3, 0.4) is 0 Å². The van der Waals surface area contributed by atoms with Crippen LogP contribution in [0.4, 0.5) is 8.78 Å². The first-order valence-corrected chi connectivity index (χ1v) is 5.09. The van der Waals surface area contributed by atoms with Gasteiger partial charge in [-0.05, 0) is 24.7 Å². The lowest BCUT2D eigenvalue weighted by molar-refractivity contribution is 0.562. The van der Waals surface area contributed by atoms with Crippen molar-refractivity contribution in [1.82, 2.24) is 10.6 Å². The van der Waals surface area contributed by atoms with Crippen LogP contribution in [0.15, 0.2) is 18.2 Å². The fourth-order valence-corrected chi connectivity index (χ4v) is 1.26. The second-order valence-electron chi connectivity index (χ2n) is 3.27. The highest BCUT2D eigenvalue weighted by Gasteiger charge is 2.02. The Morgan fingerprint density at radius 3 is 2.60 bits per heavy atom. The van der Waals surface area contributed by atoms with Crippen LogP contribution >= 0.6 is 0 Å². The van der Waals surface area contributed by atoms with Gasteiger partial charge in [0.25, 0.3) is 0 Å². The molecule has 2 nitrogen and oxygen atoms in total. The first-order chi connectivity index (χ1) is 7.24. The quantitative estimate of drug-likeness (QED) is 0.704. The summed E-state index contributed by atoms with van der Waals surface area (Å²) in [5.74, 6) is -0.771. The van der Waals surface area contributed by atoms with Gasteiger partial charge in [0, 0.05) is 25.2 Å². The van der Waals surface area contributed by atoms with Crippen LogP contribution in [-0.4, -0.2) is 19.6 Å². The molecule has 0 aliphatic carbocycles. The summed E-state index contributed by atoms with van der Waals surface area (Å²) in [6, 6.07) is 3.49. The van der Waals surface area contributed by atoms with Gasteiger partial charge in [0.2, 0.25) is 0 Å². The molecule has 0 atom stereocenters. The summed E-state index contributed by atoms with van der Waals surface area (Å²) in [4.78, 5) is 0. The van der Waals surface area contributed by atoms with Gasteiger partial charge in [-0.2, -0.15) is 0 Å². The van der Waals surface area contributed by atoms with Crippen molar-refractivity contribution in [2.75, 3.05) is 19.6 Å². The van der Waals surface area contributed by atoms with Crippen molar-refractivity contribution in [2.45, 2.75) is 13.5 Å². The van der Waals surface area contributed by atoms with E-state index in [9.17, 15) is 8.78 Å². The molecule has 0 aliphatic heterocycles. The van der Waals surface area contributed by atoms with Gasteiger partial charge >= 0.3 is 0 Å². The van der Waals surface area contributed by atoms with Gasteiger partial charge in [-0.15, -0.1) is 0 Å². The molecule has 1 aromatic rings. The van der Waals surface area contributed by atoms with Gasteiger partial charge in [0.1, 0.15) is 11.6 Å². The minimum atomic E-state index is -0.403. The average molecular weight is 214 g/mol. The van der Waals surface area contributed by atoms with E-state index in [0.29, 0.717) is 12.1 Å². The number of benzene rings is 1. The highest BCUT2D eigenvalue weighted by molar-refractivity contribution is 5.18. The minimum Gasteiger partial charge on any atom is -0.316 e. The van der Waals surface area contributed by atoms with Crippen molar-refractivity contribution >= 4 is 0 Å². The standard InChI is InChI=1S/C11H16F2N2/c1-2-14-5-6-15-8-9-7-10(12)3-4-11(9)13/h3-4,7,14-15H,2,5-6,8H2,1H3. The zero-order valence-electron chi connectivity index (χ0n) is 8.82. The van der Waals surface area contributed by atoms with E-state index >= 15 is 0 Å². The van der Waals surface area contributed by atoms with E-state index in [0.717, 1.165) is 31.8 Å². The molecule has 0 saturated heterocycles. The van der Waals surface area contributed by atoms with Crippen LogP contribution < -0.4 is 10.6 Å². The van der Waals surface area contributed by atoms with Crippen molar-refractivity contribution in [3.63, 3.8) is 0 Å². The predicted octanol–water partition coefficient (Wildman–Crippen LogP) is 1.66. The van der Waals surface area contributed by atoms with Crippen LogP contribution in [0.25, 0.3) is 0 Å². The summed E-state index contributed by atoms with van der Waals surface area (Å²) >= 11 is 0. The highest BCUT2D eigenvalue weighted by atomic mass is 19.1.